The molecule has 1 fully saturated rings. The Labute approximate surface area is 119 Å². The summed E-state index contributed by atoms with van der Waals surface area (Å²) >= 11 is 0. The lowest BCUT2D eigenvalue weighted by atomic mass is 9.88. The molecular formula is C12H17N5O4. The average molecular weight is 295 g/mol. The number of aliphatic hydroxyl groups is 2. The molecule has 0 aromatic carbocycles. The van der Waals surface area contributed by atoms with Gasteiger partial charge in [-0.3, -0.25) is 14.3 Å². The molecule has 0 spiro atoms. The molecule has 0 amide bonds. The van der Waals surface area contributed by atoms with Crippen molar-refractivity contribution in [1.29, 1.82) is 0 Å². The first-order valence-electron chi connectivity index (χ1n) is 6.57. The highest BCUT2D eigenvalue weighted by Crippen LogP contribution is 2.42. The third kappa shape index (κ3) is 1.93. The lowest BCUT2D eigenvalue weighted by molar-refractivity contribution is -0.0876. The summed E-state index contributed by atoms with van der Waals surface area (Å²) < 4.78 is 7.17. The van der Waals surface area contributed by atoms with Crippen molar-refractivity contribution in [3.63, 3.8) is 0 Å². The zero-order valence-corrected chi connectivity index (χ0v) is 11.6. The maximum absolute atomic E-state index is 11.8. The van der Waals surface area contributed by atoms with Crippen LogP contribution in [0.15, 0.2) is 11.1 Å². The van der Waals surface area contributed by atoms with Crippen LogP contribution in [0.5, 0.6) is 0 Å². The van der Waals surface area contributed by atoms with Crippen molar-refractivity contribution in [2.24, 2.45) is 5.92 Å². The molecule has 1 aliphatic heterocycles. The van der Waals surface area contributed by atoms with Gasteiger partial charge in [0.2, 0.25) is 5.95 Å². The van der Waals surface area contributed by atoms with Crippen LogP contribution in [-0.4, -0.2) is 48.0 Å². The van der Waals surface area contributed by atoms with Crippen LogP contribution < -0.4 is 11.3 Å². The molecule has 0 radical (unpaired) electrons. The fourth-order valence-electron chi connectivity index (χ4n) is 2.69. The zero-order valence-electron chi connectivity index (χ0n) is 11.6. The third-order valence-electron chi connectivity index (χ3n) is 4.17. The average Bonchev–Trinajstić information content (AvgIpc) is 2.91. The predicted molar refractivity (Wildman–Crippen MR) is 73.3 cm³/mol. The van der Waals surface area contributed by atoms with E-state index in [9.17, 15) is 15.0 Å². The number of hydrogen-bond acceptors (Lipinski definition) is 7. The van der Waals surface area contributed by atoms with Crippen LogP contribution in [0.4, 0.5) is 5.95 Å². The highest BCUT2D eigenvalue weighted by atomic mass is 16.5. The van der Waals surface area contributed by atoms with E-state index in [-0.39, 0.29) is 29.6 Å². The van der Waals surface area contributed by atoms with Gasteiger partial charge in [0.15, 0.2) is 17.4 Å². The molecule has 9 heteroatoms. The first-order valence-corrected chi connectivity index (χ1v) is 6.57. The second-order valence-corrected chi connectivity index (χ2v) is 5.50. The molecule has 1 aliphatic rings. The minimum Gasteiger partial charge on any atom is -0.394 e. The topological polar surface area (TPSA) is 139 Å². The van der Waals surface area contributed by atoms with Crippen molar-refractivity contribution in [3.05, 3.63) is 16.7 Å². The number of imidazole rings is 1. The van der Waals surface area contributed by atoms with Crippen LogP contribution >= 0.6 is 0 Å². The molecule has 4 atom stereocenters. The van der Waals surface area contributed by atoms with Gasteiger partial charge in [-0.1, -0.05) is 6.92 Å². The number of hydrogen-bond donors (Lipinski definition) is 4. The molecule has 2 aromatic rings. The SMILES string of the molecule is C[C@H]1[C@@H](CO)O[C@@H](n2cnc3c(=O)[nH]c(N)nc32)[C@]1(C)O. The number of anilines is 1. The first-order chi connectivity index (χ1) is 9.86. The number of nitrogen functional groups attached to an aromatic ring is 1. The van der Waals surface area contributed by atoms with Crippen molar-refractivity contribution in [2.45, 2.75) is 31.8 Å². The Balaban J connectivity index is 2.15. The summed E-state index contributed by atoms with van der Waals surface area (Å²) in [6.45, 7) is 3.19. The zero-order chi connectivity index (χ0) is 15.4. The minimum absolute atomic E-state index is 0.0429. The normalized spacial score (nSPS) is 32.9. The van der Waals surface area contributed by atoms with Gasteiger partial charge in [0.05, 0.1) is 19.0 Å². The number of aromatic amines is 1. The Kier molecular flexibility index (Phi) is 3.01. The summed E-state index contributed by atoms with van der Waals surface area (Å²) in [4.78, 5) is 22.2. The number of nitrogens with one attached hydrogen (secondary N) is 1. The molecule has 21 heavy (non-hydrogen) atoms. The molecule has 1 saturated heterocycles. The Bertz CT molecular complexity index is 737. The van der Waals surface area contributed by atoms with Crippen LogP contribution in [0.2, 0.25) is 0 Å². The summed E-state index contributed by atoms with van der Waals surface area (Å²) in [5.41, 5.74) is 4.18. The van der Waals surface area contributed by atoms with Gasteiger partial charge >= 0.3 is 0 Å². The van der Waals surface area contributed by atoms with Crippen molar-refractivity contribution in [2.75, 3.05) is 12.3 Å². The van der Waals surface area contributed by atoms with Crippen LogP contribution in [0.3, 0.4) is 0 Å². The van der Waals surface area contributed by atoms with Crippen molar-refractivity contribution in [1.82, 2.24) is 19.5 Å². The Morgan fingerprint density at radius 1 is 1.62 bits per heavy atom. The number of ether oxygens (including phenoxy) is 1. The number of H-pyrrole nitrogens is 1. The minimum atomic E-state index is -1.25. The number of fused-ring (bicyclic) bond motifs is 1. The van der Waals surface area contributed by atoms with E-state index in [1.165, 1.54) is 10.9 Å². The predicted octanol–water partition coefficient (Wildman–Crippen LogP) is -1.02. The summed E-state index contributed by atoms with van der Waals surface area (Å²) in [6, 6.07) is 0. The monoisotopic (exact) mass is 295 g/mol. The van der Waals surface area contributed by atoms with Gasteiger partial charge in [-0.05, 0) is 6.92 Å². The number of aromatic nitrogens is 4. The van der Waals surface area contributed by atoms with E-state index in [2.05, 4.69) is 15.0 Å². The number of nitrogens with two attached hydrogens (primary N) is 1. The number of aliphatic hydroxyl groups excluding tert-OH is 1. The highest BCUT2D eigenvalue weighted by molar-refractivity contribution is 5.70. The second kappa shape index (κ2) is 4.52. The third-order valence-corrected chi connectivity index (χ3v) is 4.17. The second-order valence-electron chi connectivity index (χ2n) is 5.50. The molecule has 5 N–H and O–H groups in total. The molecule has 2 aromatic heterocycles. The molecule has 114 valence electrons. The van der Waals surface area contributed by atoms with E-state index >= 15 is 0 Å². The molecule has 0 unspecified atom stereocenters. The maximum atomic E-state index is 11.8. The van der Waals surface area contributed by atoms with Gasteiger partial charge in [-0.15, -0.1) is 0 Å². The smallest absolute Gasteiger partial charge is 0.280 e. The van der Waals surface area contributed by atoms with Crippen molar-refractivity contribution >= 4 is 17.1 Å². The van der Waals surface area contributed by atoms with Gasteiger partial charge < -0.3 is 20.7 Å². The van der Waals surface area contributed by atoms with E-state index in [1.54, 1.807) is 13.8 Å². The number of rotatable bonds is 2. The lowest BCUT2D eigenvalue weighted by Crippen LogP contribution is -2.38. The summed E-state index contributed by atoms with van der Waals surface area (Å²) in [6.07, 6.45) is 0.0444. The molecule has 9 nitrogen and oxygen atoms in total. The van der Waals surface area contributed by atoms with Crippen molar-refractivity contribution < 1.29 is 14.9 Å². The van der Waals surface area contributed by atoms with Crippen LogP contribution in [0, 0.1) is 5.92 Å². The Morgan fingerprint density at radius 3 is 2.95 bits per heavy atom. The molecule has 0 bridgehead atoms. The van der Waals surface area contributed by atoms with E-state index < -0.39 is 23.5 Å². The first kappa shape index (κ1) is 14.0. The van der Waals surface area contributed by atoms with Crippen LogP contribution in [0.1, 0.15) is 20.1 Å². The fourth-order valence-corrected chi connectivity index (χ4v) is 2.69. The summed E-state index contributed by atoms with van der Waals surface area (Å²) in [5.74, 6) is -0.344. The summed E-state index contributed by atoms with van der Waals surface area (Å²) in [7, 11) is 0. The number of nitrogens with zero attached hydrogens (tertiary/aromatic N) is 3. The lowest BCUT2D eigenvalue weighted by Gasteiger charge is -2.28. The van der Waals surface area contributed by atoms with E-state index in [4.69, 9.17) is 10.5 Å². The van der Waals surface area contributed by atoms with Crippen molar-refractivity contribution in [3.8, 4) is 0 Å². The van der Waals surface area contributed by atoms with E-state index in [0.717, 1.165) is 0 Å². The van der Waals surface area contributed by atoms with E-state index in [1.807, 2.05) is 0 Å². The van der Waals surface area contributed by atoms with Gasteiger partial charge in [-0.25, -0.2) is 4.98 Å². The molecule has 3 heterocycles. The highest BCUT2D eigenvalue weighted by Gasteiger charge is 2.51. The van der Waals surface area contributed by atoms with Gasteiger partial charge in [0, 0.05) is 5.92 Å². The molecule has 0 aliphatic carbocycles. The molecule has 0 saturated carbocycles. The standard InChI is InChI=1S/C12H17N5O4/c1-5-6(3-18)21-10(12(5,2)20)17-4-14-7-8(17)15-11(13)16-9(7)19/h4-6,10,18,20H,3H2,1-2H3,(H3,13,15,16,19)/t5-,6+,10+,12+/m0/s1. The molecule has 3 rings (SSSR count). The Hall–Kier alpha value is -1.97. The largest absolute Gasteiger partial charge is 0.394 e. The Morgan fingerprint density at radius 2 is 2.33 bits per heavy atom. The fraction of sp³-hybridized carbons (Fsp3) is 0.583. The van der Waals surface area contributed by atoms with Crippen LogP contribution in [0.25, 0.3) is 11.2 Å². The maximum Gasteiger partial charge on any atom is 0.280 e. The quantitative estimate of drug-likeness (QED) is 0.556. The summed E-state index contributed by atoms with van der Waals surface area (Å²) in [5, 5.41) is 20.0. The molecular weight excluding hydrogens is 278 g/mol. The van der Waals surface area contributed by atoms with Gasteiger partial charge in [0.25, 0.3) is 5.56 Å². The van der Waals surface area contributed by atoms with Crippen LogP contribution in [-0.2, 0) is 4.74 Å². The van der Waals surface area contributed by atoms with E-state index in [0.29, 0.717) is 0 Å². The van der Waals surface area contributed by atoms with Gasteiger partial charge in [-0.2, -0.15) is 4.98 Å². The van der Waals surface area contributed by atoms with Gasteiger partial charge in [0.1, 0.15) is 5.60 Å².